The van der Waals surface area contributed by atoms with E-state index in [4.69, 9.17) is 4.74 Å². The number of thiophene rings is 1. The summed E-state index contributed by atoms with van der Waals surface area (Å²) in [6, 6.07) is 13.4. The minimum Gasteiger partial charge on any atom is -0.497 e. The lowest BCUT2D eigenvalue weighted by atomic mass is 10.1. The molecule has 0 spiro atoms. The first-order valence-electron chi connectivity index (χ1n) is 8.89. The van der Waals surface area contributed by atoms with Gasteiger partial charge in [0, 0.05) is 10.6 Å². The van der Waals surface area contributed by atoms with E-state index in [2.05, 4.69) is 15.4 Å². The number of ether oxygens (including phenoxy) is 1. The van der Waals surface area contributed by atoms with Crippen molar-refractivity contribution in [1.29, 1.82) is 0 Å². The van der Waals surface area contributed by atoms with E-state index in [9.17, 15) is 4.79 Å². The number of nitrogens with one attached hydrogen (secondary N) is 1. The van der Waals surface area contributed by atoms with Gasteiger partial charge in [0.15, 0.2) is 5.65 Å². The zero-order valence-corrected chi connectivity index (χ0v) is 16.7. The van der Waals surface area contributed by atoms with Crippen LogP contribution in [0.15, 0.2) is 47.8 Å². The molecule has 0 atom stereocenters. The number of methoxy groups -OCH3 is 1. The molecule has 3 aromatic heterocycles. The fourth-order valence-electron chi connectivity index (χ4n) is 3.17. The van der Waals surface area contributed by atoms with E-state index in [1.807, 2.05) is 61.7 Å². The number of aromatic nitrogens is 3. The minimum absolute atomic E-state index is 0.124. The number of nitrogens with zero attached hydrogens (tertiary/aromatic N) is 3. The van der Waals surface area contributed by atoms with Gasteiger partial charge < -0.3 is 10.1 Å². The molecule has 142 valence electrons. The molecule has 3 heterocycles. The molecule has 28 heavy (non-hydrogen) atoms. The number of rotatable bonds is 5. The summed E-state index contributed by atoms with van der Waals surface area (Å²) in [5, 5.41) is 10.4. The Labute approximate surface area is 166 Å². The van der Waals surface area contributed by atoms with Crippen LogP contribution in [-0.4, -0.2) is 27.8 Å². The van der Waals surface area contributed by atoms with Crippen molar-refractivity contribution >= 4 is 28.3 Å². The Hall–Kier alpha value is -3.19. The third-order valence-corrected chi connectivity index (χ3v) is 5.38. The predicted molar refractivity (Wildman–Crippen MR) is 110 cm³/mol. The third-order valence-electron chi connectivity index (χ3n) is 4.51. The summed E-state index contributed by atoms with van der Waals surface area (Å²) in [5.74, 6) is 0.649. The van der Waals surface area contributed by atoms with E-state index in [0.717, 1.165) is 33.1 Å². The van der Waals surface area contributed by atoms with Crippen LogP contribution in [0.5, 0.6) is 5.75 Å². The first-order chi connectivity index (χ1) is 13.6. The van der Waals surface area contributed by atoms with E-state index in [1.54, 1.807) is 23.1 Å². The number of carbonyl (C=O) groups excluding carboxylic acids is 1. The number of hydrogen-bond acceptors (Lipinski definition) is 5. The number of hydrogen-bond donors (Lipinski definition) is 1. The predicted octanol–water partition coefficient (Wildman–Crippen LogP) is 4.04. The highest BCUT2D eigenvalue weighted by Gasteiger charge is 2.19. The number of amides is 1. The van der Waals surface area contributed by atoms with Gasteiger partial charge in [-0.3, -0.25) is 4.79 Å². The van der Waals surface area contributed by atoms with Crippen LogP contribution < -0.4 is 10.1 Å². The average Bonchev–Trinajstić information content (AvgIpc) is 3.33. The SMILES string of the molecule is COc1ccc(-n2nc(C)c3c(C(=O)NCc4cccs4)cc(C)nc32)cc1. The average molecular weight is 392 g/mol. The Morgan fingerprint density at radius 2 is 2.00 bits per heavy atom. The van der Waals surface area contributed by atoms with Gasteiger partial charge in [-0.2, -0.15) is 5.10 Å². The van der Waals surface area contributed by atoms with Gasteiger partial charge >= 0.3 is 0 Å². The van der Waals surface area contributed by atoms with Crippen molar-refractivity contribution in [3.63, 3.8) is 0 Å². The van der Waals surface area contributed by atoms with E-state index in [0.29, 0.717) is 17.8 Å². The maximum Gasteiger partial charge on any atom is 0.252 e. The highest BCUT2D eigenvalue weighted by Crippen LogP contribution is 2.26. The Kier molecular flexibility index (Phi) is 4.83. The quantitative estimate of drug-likeness (QED) is 0.557. The van der Waals surface area contributed by atoms with Crippen molar-refractivity contribution in [2.45, 2.75) is 20.4 Å². The van der Waals surface area contributed by atoms with Gasteiger partial charge in [0.2, 0.25) is 0 Å². The number of aryl methyl sites for hydroxylation is 2. The molecule has 0 fully saturated rings. The van der Waals surface area contributed by atoms with Crippen LogP contribution in [0, 0.1) is 13.8 Å². The topological polar surface area (TPSA) is 69.0 Å². The normalized spacial score (nSPS) is 11.0. The van der Waals surface area contributed by atoms with E-state index in [1.165, 1.54) is 0 Å². The van der Waals surface area contributed by atoms with Crippen molar-refractivity contribution in [1.82, 2.24) is 20.1 Å². The van der Waals surface area contributed by atoms with Crippen molar-refractivity contribution in [2.75, 3.05) is 7.11 Å². The van der Waals surface area contributed by atoms with Crippen LogP contribution in [0.1, 0.15) is 26.6 Å². The zero-order valence-electron chi connectivity index (χ0n) is 15.9. The summed E-state index contributed by atoms with van der Waals surface area (Å²) in [4.78, 5) is 18.7. The molecule has 0 aliphatic heterocycles. The van der Waals surface area contributed by atoms with Crippen molar-refractivity contribution < 1.29 is 9.53 Å². The maximum atomic E-state index is 12.9. The summed E-state index contributed by atoms with van der Waals surface area (Å²) in [7, 11) is 1.63. The molecule has 1 N–H and O–H groups in total. The lowest BCUT2D eigenvalue weighted by Crippen LogP contribution is -2.23. The molecule has 0 aliphatic rings. The second kappa shape index (κ2) is 7.44. The van der Waals surface area contributed by atoms with Gasteiger partial charge in [-0.15, -0.1) is 11.3 Å². The second-order valence-electron chi connectivity index (χ2n) is 6.47. The smallest absolute Gasteiger partial charge is 0.252 e. The summed E-state index contributed by atoms with van der Waals surface area (Å²) in [5.41, 5.74) is 3.66. The molecular weight excluding hydrogens is 372 g/mol. The molecule has 4 aromatic rings. The number of benzene rings is 1. The van der Waals surface area contributed by atoms with Gasteiger partial charge in [0.25, 0.3) is 5.91 Å². The molecule has 0 radical (unpaired) electrons. The monoisotopic (exact) mass is 392 g/mol. The number of pyridine rings is 1. The van der Waals surface area contributed by atoms with Crippen LogP contribution in [0.2, 0.25) is 0 Å². The molecule has 0 saturated carbocycles. The lowest BCUT2D eigenvalue weighted by molar-refractivity contribution is 0.0952. The van der Waals surface area contributed by atoms with Crippen molar-refractivity contribution in [2.24, 2.45) is 0 Å². The molecule has 0 aliphatic carbocycles. The molecular formula is C21H20N4O2S. The number of fused-ring (bicyclic) bond motifs is 1. The second-order valence-corrected chi connectivity index (χ2v) is 7.50. The Bertz CT molecular complexity index is 1130. The van der Waals surface area contributed by atoms with Crippen molar-refractivity contribution in [3.05, 3.63) is 69.7 Å². The summed E-state index contributed by atoms with van der Waals surface area (Å²) >= 11 is 1.62. The van der Waals surface area contributed by atoms with Gasteiger partial charge in [-0.25, -0.2) is 9.67 Å². The lowest BCUT2D eigenvalue weighted by Gasteiger charge is -2.08. The number of carbonyl (C=O) groups is 1. The highest BCUT2D eigenvalue weighted by molar-refractivity contribution is 7.09. The molecule has 4 rings (SSSR count). The molecule has 6 nitrogen and oxygen atoms in total. The van der Waals surface area contributed by atoms with Crippen LogP contribution in [0.4, 0.5) is 0 Å². The fourth-order valence-corrected chi connectivity index (χ4v) is 3.82. The van der Waals surface area contributed by atoms with Gasteiger partial charge in [-0.05, 0) is 55.6 Å². The summed E-state index contributed by atoms with van der Waals surface area (Å²) < 4.78 is 7.00. The molecule has 0 saturated heterocycles. The highest BCUT2D eigenvalue weighted by atomic mass is 32.1. The zero-order chi connectivity index (χ0) is 19.7. The molecule has 1 amide bonds. The molecule has 1 aromatic carbocycles. The summed E-state index contributed by atoms with van der Waals surface area (Å²) in [6.07, 6.45) is 0. The van der Waals surface area contributed by atoms with Gasteiger partial charge in [0.1, 0.15) is 5.75 Å². The van der Waals surface area contributed by atoms with Crippen LogP contribution >= 0.6 is 11.3 Å². The third kappa shape index (κ3) is 3.36. The van der Waals surface area contributed by atoms with Crippen LogP contribution in [0.25, 0.3) is 16.7 Å². The fraction of sp³-hybridized carbons (Fsp3) is 0.190. The first kappa shape index (κ1) is 18.2. The minimum atomic E-state index is -0.124. The Morgan fingerprint density at radius 1 is 1.21 bits per heavy atom. The first-order valence-corrected chi connectivity index (χ1v) is 9.77. The largest absolute Gasteiger partial charge is 0.497 e. The molecule has 0 bridgehead atoms. The van der Waals surface area contributed by atoms with Gasteiger partial charge in [-0.1, -0.05) is 6.07 Å². The van der Waals surface area contributed by atoms with Crippen molar-refractivity contribution in [3.8, 4) is 11.4 Å². The van der Waals surface area contributed by atoms with Gasteiger partial charge in [0.05, 0.1) is 36.0 Å². The van der Waals surface area contributed by atoms with Crippen LogP contribution in [-0.2, 0) is 6.54 Å². The Balaban J connectivity index is 1.75. The van der Waals surface area contributed by atoms with E-state index < -0.39 is 0 Å². The van der Waals surface area contributed by atoms with Crippen LogP contribution in [0.3, 0.4) is 0 Å². The summed E-state index contributed by atoms with van der Waals surface area (Å²) in [6.45, 7) is 4.29. The maximum absolute atomic E-state index is 12.9. The Morgan fingerprint density at radius 3 is 2.68 bits per heavy atom. The molecule has 0 unspecified atom stereocenters. The van der Waals surface area contributed by atoms with E-state index in [-0.39, 0.29) is 5.91 Å². The standard InChI is InChI=1S/C21H20N4O2S/c1-13-11-18(21(26)22-12-17-5-4-10-28-17)19-14(2)24-25(20(19)23-13)15-6-8-16(27-3)9-7-15/h4-11H,12H2,1-3H3,(H,22,26). The molecule has 7 heteroatoms. The van der Waals surface area contributed by atoms with E-state index >= 15 is 0 Å².